The fourth-order valence-corrected chi connectivity index (χ4v) is 2.01. The van der Waals surface area contributed by atoms with Gasteiger partial charge in [0.1, 0.15) is 10.7 Å². The van der Waals surface area contributed by atoms with Crippen LogP contribution in [0.25, 0.3) is 0 Å². The molecular formula is C15H16N2OS. The van der Waals surface area contributed by atoms with Crippen molar-refractivity contribution in [2.75, 3.05) is 12.4 Å². The van der Waals surface area contributed by atoms with Crippen molar-refractivity contribution >= 4 is 22.9 Å². The van der Waals surface area contributed by atoms with Gasteiger partial charge >= 0.3 is 0 Å². The molecule has 0 amide bonds. The lowest BCUT2D eigenvalue weighted by Crippen LogP contribution is -2.13. The second kappa shape index (κ2) is 6.20. The largest absolute Gasteiger partial charge is 0.497 e. The van der Waals surface area contributed by atoms with Crippen LogP contribution in [0.1, 0.15) is 11.1 Å². The molecule has 2 aromatic carbocycles. The van der Waals surface area contributed by atoms with Gasteiger partial charge in [0, 0.05) is 17.8 Å². The molecule has 98 valence electrons. The van der Waals surface area contributed by atoms with Gasteiger partial charge in [-0.2, -0.15) is 0 Å². The Balaban J connectivity index is 2.12. The van der Waals surface area contributed by atoms with Crippen molar-refractivity contribution < 1.29 is 4.74 Å². The van der Waals surface area contributed by atoms with E-state index in [-0.39, 0.29) is 0 Å². The van der Waals surface area contributed by atoms with E-state index in [1.165, 1.54) is 0 Å². The average molecular weight is 272 g/mol. The lowest BCUT2D eigenvalue weighted by molar-refractivity contribution is 0.414. The Kier molecular flexibility index (Phi) is 4.36. The average Bonchev–Trinajstić information content (AvgIpc) is 2.45. The van der Waals surface area contributed by atoms with Crippen molar-refractivity contribution in [3.63, 3.8) is 0 Å². The van der Waals surface area contributed by atoms with Gasteiger partial charge in [-0.3, -0.25) is 0 Å². The first kappa shape index (κ1) is 13.4. The van der Waals surface area contributed by atoms with Crippen molar-refractivity contribution in [3.05, 3.63) is 59.7 Å². The maximum Gasteiger partial charge on any atom is 0.119 e. The molecule has 0 heterocycles. The summed E-state index contributed by atoms with van der Waals surface area (Å²) < 4.78 is 5.20. The number of methoxy groups -OCH3 is 1. The van der Waals surface area contributed by atoms with Crippen LogP contribution in [-0.4, -0.2) is 12.1 Å². The van der Waals surface area contributed by atoms with Crippen LogP contribution in [0.5, 0.6) is 5.75 Å². The molecule has 3 nitrogen and oxygen atoms in total. The van der Waals surface area contributed by atoms with E-state index in [2.05, 4.69) is 5.32 Å². The first-order chi connectivity index (χ1) is 9.20. The molecule has 0 atom stereocenters. The van der Waals surface area contributed by atoms with Crippen LogP contribution < -0.4 is 15.8 Å². The zero-order valence-electron chi connectivity index (χ0n) is 10.7. The third kappa shape index (κ3) is 3.45. The van der Waals surface area contributed by atoms with Gasteiger partial charge in [0.25, 0.3) is 0 Å². The highest BCUT2D eigenvalue weighted by molar-refractivity contribution is 7.80. The Hall–Kier alpha value is -2.07. The molecule has 19 heavy (non-hydrogen) atoms. The minimum absolute atomic E-state index is 0.397. The lowest BCUT2D eigenvalue weighted by atomic mass is 10.1. The zero-order valence-corrected chi connectivity index (χ0v) is 11.5. The quantitative estimate of drug-likeness (QED) is 0.822. The van der Waals surface area contributed by atoms with Crippen molar-refractivity contribution in [2.45, 2.75) is 6.54 Å². The van der Waals surface area contributed by atoms with Crippen LogP contribution in [-0.2, 0) is 6.54 Å². The third-order valence-electron chi connectivity index (χ3n) is 2.81. The molecule has 0 saturated carbocycles. The number of ether oxygens (including phenoxy) is 1. The van der Waals surface area contributed by atoms with E-state index in [0.29, 0.717) is 11.5 Å². The number of hydrogen-bond donors (Lipinski definition) is 2. The van der Waals surface area contributed by atoms with Crippen LogP contribution in [0.15, 0.2) is 48.5 Å². The number of benzene rings is 2. The van der Waals surface area contributed by atoms with Crippen molar-refractivity contribution in [3.8, 4) is 5.75 Å². The number of para-hydroxylation sites is 1. The van der Waals surface area contributed by atoms with E-state index in [0.717, 1.165) is 22.6 Å². The molecule has 2 aromatic rings. The van der Waals surface area contributed by atoms with Gasteiger partial charge < -0.3 is 15.8 Å². The van der Waals surface area contributed by atoms with E-state index in [4.69, 9.17) is 22.7 Å². The van der Waals surface area contributed by atoms with Crippen LogP contribution in [0.3, 0.4) is 0 Å². The van der Waals surface area contributed by atoms with Crippen molar-refractivity contribution in [1.82, 2.24) is 0 Å². The third-order valence-corrected chi connectivity index (χ3v) is 3.03. The van der Waals surface area contributed by atoms with E-state index < -0.39 is 0 Å². The molecule has 2 rings (SSSR count). The number of hydrogen-bond acceptors (Lipinski definition) is 3. The fraction of sp³-hybridized carbons (Fsp3) is 0.133. The van der Waals surface area contributed by atoms with Crippen LogP contribution in [0, 0.1) is 0 Å². The Morgan fingerprint density at radius 2 is 2.00 bits per heavy atom. The second-order valence-corrected chi connectivity index (χ2v) is 4.55. The second-order valence-electron chi connectivity index (χ2n) is 4.11. The first-order valence-corrected chi connectivity index (χ1v) is 6.37. The summed E-state index contributed by atoms with van der Waals surface area (Å²) in [6.07, 6.45) is 0. The molecule has 0 unspecified atom stereocenters. The topological polar surface area (TPSA) is 47.3 Å². The molecule has 3 N–H and O–H groups in total. The number of rotatable bonds is 5. The summed E-state index contributed by atoms with van der Waals surface area (Å²) in [5.41, 5.74) is 8.64. The van der Waals surface area contributed by atoms with Gasteiger partial charge in [0.2, 0.25) is 0 Å². The SMILES string of the molecule is COc1cccc(CNc2ccccc2C(N)=S)c1. The summed E-state index contributed by atoms with van der Waals surface area (Å²) in [5, 5.41) is 3.34. The van der Waals surface area contributed by atoms with Gasteiger partial charge in [-0.05, 0) is 29.8 Å². The molecule has 0 radical (unpaired) electrons. The molecule has 0 bridgehead atoms. The molecule has 0 aliphatic rings. The normalized spacial score (nSPS) is 9.95. The Labute approximate surface area is 118 Å². The van der Waals surface area contributed by atoms with E-state index in [1.54, 1.807) is 7.11 Å². The molecule has 0 saturated heterocycles. The maximum absolute atomic E-state index is 5.70. The van der Waals surface area contributed by atoms with E-state index in [1.807, 2.05) is 48.5 Å². The Morgan fingerprint density at radius 3 is 2.74 bits per heavy atom. The fourth-order valence-electron chi connectivity index (χ4n) is 1.83. The number of nitrogens with one attached hydrogen (secondary N) is 1. The molecule has 0 aliphatic carbocycles. The highest BCUT2D eigenvalue weighted by atomic mass is 32.1. The Morgan fingerprint density at radius 1 is 1.21 bits per heavy atom. The minimum Gasteiger partial charge on any atom is -0.497 e. The molecular weight excluding hydrogens is 256 g/mol. The lowest BCUT2D eigenvalue weighted by Gasteiger charge is -2.11. The molecule has 0 aromatic heterocycles. The minimum atomic E-state index is 0.397. The van der Waals surface area contributed by atoms with Crippen LogP contribution in [0.2, 0.25) is 0 Å². The zero-order chi connectivity index (χ0) is 13.7. The van der Waals surface area contributed by atoms with Gasteiger partial charge in [-0.25, -0.2) is 0 Å². The summed E-state index contributed by atoms with van der Waals surface area (Å²) in [7, 11) is 1.66. The predicted molar refractivity (Wildman–Crippen MR) is 82.7 cm³/mol. The smallest absolute Gasteiger partial charge is 0.119 e. The van der Waals surface area contributed by atoms with Gasteiger partial charge in [-0.15, -0.1) is 0 Å². The van der Waals surface area contributed by atoms with Crippen molar-refractivity contribution in [1.29, 1.82) is 0 Å². The standard InChI is InChI=1S/C15H16N2OS/c1-18-12-6-4-5-11(9-12)10-17-14-8-3-2-7-13(14)15(16)19/h2-9,17H,10H2,1H3,(H2,16,19). The summed E-state index contributed by atoms with van der Waals surface area (Å²) in [6, 6.07) is 15.7. The highest BCUT2D eigenvalue weighted by Gasteiger charge is 2.04. The van der Waals surface area contributed by atoms with Crippen LogP contribution in [0.4, 0.5) is 5.69 Å². The van der Waals surface area contributed by atoms with Gasteiger partial charge in [0.15, 0.2) is 0 Å². The maximum atomic E-state index is 5.70. The Bertz CT molecular complexity index is 584. The number of nitrogens with two attached hydrogens (primary N) is 1. The summed E-state index contributed by atoms with van der Waals surface area (Å²) >= 11 is 5.04. The summed E-state index contributed by atoms with van der Waals surface area (Å²) in [5.74, 6) is 0.849. The summed E-state index contributed by atoms with van der Waals surface area (Å²) in [6.45, 7) is 0.691. The number of anilines is 1. The van der Waals surface area contributed by atoms with Crippen molar-refractivity contribution in [2.24, 2.45) is 5.73 Å². The van der Waals surface area contributed by atoms with E-state index in [9.17, 15) is 0 Å². The molecule has 0 aliphatic heterocycles. The van der Waals surface area contributed by atoms with Gasteiger partial charge in [-0.1, -0.05) is 36.5 Å². The van der Waals surface area contributed by atoms with Crippen LogP contribution >= 0.6 is 12.2 Å². The first-order valence-electron chi connectivity index (χ1n) is 5.96. The number of thiocarbonyl (C=S) groups is 1. The molecule has 0 spiro atoms. The predicted octanol–water partition coefficient (Wildman–Crippen LogP) is 2.94. The molecule has 4 heteroatoms. The van der Waals surface area contributed by atoms with Gasteiger partial charge in [0.05, 0.1) is 7.11 Å². The highest BCUT2D eigenvalue weighted by Crippen LogP contribution is 2.18. The van der Waals surface area contributed by atoms with E-state index >= 15 is 0 Å². The monoisotopic (exact) mass is 272 g/mol. The molecule has 0 fully saturated rings. The summed E-state index contributed by atoms with van der Waals surface area (Å²) in [4.78, 5) is 0.397.